The van der Waals surface area contributed by atoms with Gasteiger partial charge in [-0.25, -0.2) is 0 Å². The quantitative estimate of drug-likeness (QED) is 0.482. The zero-order valence-corrected chi connectivity index (χ0v) is 9.59. The van der Waals surface area contributed by atoms with Gasteiger partial charge in [-0.2, -0.15) is 0 Å². The minimum atomic E-state index is -0.737. The van der Waals surface area contributed by atoms with E-state index in [-0.39, 0.29) is 0 Å². The van der Waals surface area contributed by atoms with Gasteiger partial charge in [0.15, 0.2) is 5.79 Å². The third-order valence-corrected chi connectivity index (χ3v) is 3.07. The molecule has 1 aliphatic carbocycles. The number of hydrogen-bond acceptors (Lipinski definition) is 2. The zero-order chi connectivity index (χ0) is 10.4. The molecule has 0 unspecified atom stereocenters. The summed E-state index contributed by atoms with van der Waals surface area (Å²) in [6, 6.07) is 0. The number of aliphatic hydroxyl groups is 1. The first-order chi connectivity index (χ1) is 6.73. The molecular formula is C12H24O2. The van der Waals surface area contributed by atoms with Crippen molar-refractivity contribution in [3.63, 3.8) is 0 Å². The number of unbranched alkanes of at least 4 members (excludes halogenated alkanes) is 4. The molecule has 1 saturated carbocycles. The van der Waals surface area contributed by atoms with Gasteiger partial charge in [-0.3, -0.25) is 0 Å². The van der Waals surface area contributed by atoms with Crippen LogP contribution in [0, 0.1) is 5.92 Å². The Hall–Kier alpha value is -0.0800. The highest BCUT2D eigenvalue weighted by Crippen LogP contribution is 2.47. The molecule has 14 heavy (non-hydrogen) atoms. The van der Waals surface area contributed by atoms with Gasteiger partial charge in [-0.15, -0.1) is 0 Å². The predicted octanol–water partition coefficient (Wildman–Crippen LogP) is 3.09. The first kappa shape index (κ1) is 12.0. The lowest BCUT2D eigenvalue weighted by Gasteiger charge is -2.09. The van der Waals surface area contributed by atoms with Crippen molar-refractivity contribution in [2.75, 3.05) is 6.61 Å². The van der Waals surface area contributed by atoms with Crippen LogP contribution in [0.2, 0.25) is 0 Å². The first-order valence-corrected chi connectivity index (χ1v) is 6.09. The van der Waals surface area contributed by atoms with Crippen molar-refractivity contribution in [1.82, 2.24) is 0 Å². The summed E-state index contributed by atoms with van der Waals surface area (Å²) in [4.78, 5) is 0. The largest absolute Gasteiger partial charge is 0.365 e. The van der Waals surface area contributed by atoms with Crippen LogP contribution in [0.15, 0.2) is 0 Å². The van der Waals surface area contributed by atoms with Gasteiger partial charge in [-0.1, -0.05) is 39.0 Å². The van der Waals surface area contributed by atoms with Crippen LogP contribution < -0.4 is 0 Å². The average molecular weight is 200 g/mol. The van der Waals surface area contributed by atoms with Gasteiger partial charge in [0.1, 0.15) is 0 Å². The Morgan fingerprint density at radius 3 is 2.57 bits per heavy atom. The SMILES string of the molecule is CCCCCCC[C@H]1C[C@@]1(O)OCC. The molecule has 0 aromatic heterocycles. The summed E-state index contributed by atoms with van der Waals surface area (Å²) in [5, 5.41) is 9.77. The van der Waals surface area contributed by atoms with E-state index in [4.69, 9.17) is 4.74 Å². The molecule has 2 heteroatoms. The van der Waals surface area contributed by atoms with Crippen LogP contribution in [-0.2, 0) is 4.74 Å². The molecule has 2 nitrogen and oxygen atoms in total. The molecule has 84 valence electrons. The van der Waals surface area contributed by atoms with E-state index in [1.807, 2.05) is 6.92 Å². The van der Waals surface area contributed by atoms with E-state index < -0.39 is 5.79 Å². The molecular weight excluding hydrogens is 176 g/mol. The summed E-state index contributed by atoms with van der Waals surface area (Å²) < 4.78 is 5.29. The van der Waals surface area contributed by atoms with Crippen molar-refractivity contribution in [2.45, 2.75) is 64.6 Å². The molecule has 1 rings (SSSR count). The van der Waals surface area contributed by atoms with Gasteiger partial charge in [0, 0.05) is 18.9 Å². The maximum Gasteiger partial charge on any atom is 0.168 e. The molecule has 1 fully saturated rings. The summed E-state index contributed by atoms with van der Waals surface area (Å²) in [6.07, 6.45) is 8.55. The minimum absolute atomic E-state index is 0.420. The molecule has 0 bridgehead atoms. The van der Waals surface area contributed by atoms with Crippen LogP contribution in [0.3, 0.4) is 0 Å². The Kier molecular flexibility index (Phi) is 4.90. The van der Waals surface area contributed by atoms with E-state index in [0.29, 0.717) is 12.5 Å². The van der Waals surface area contributed by atoms with Crippen molar-refractivity contribution in [3.8, 4) is 0 Å². The number of hydrogen-bond donors (Lipinski definition) is 1. The van der Waals surface area contributed by atoms with Crippen molar-refractivity contribution in [1.29, 1.82) is 0 Å². The topological polar surface area (TPSA) is 29.5 Å². The lowest BCUT2D eigenvalue weighted by Crippen LogP contribution is -2.15. The highest BCUT2D eigenvalue weighted by atomic mass is 16.6. The van der Waals surface area contributed by atoms with Gasteiger partial charge in [-0.05, 0) is 13.3 Å². The summed E-state index contributed by atoms with van der Waals surface area (Å²) in [6.45, 7) is 4.80. The van der Waals surface area contributed by atoms with Gasteiger partial charge >= 0.3 is 0 Å². The summed E-state index contributed by atoms with van der Waals surface area (Å²) in [7, 11) is 0. The molecule has 2 atom stereocenters. The number of rotatable bonds is 8. The van der Waals surface area contributed by atoms with Crippen molar-refractivity contribution < 1.29 is 9.84 Å². The molecule has 0 aromatic rings. The molecule has 1 N–H and O–H groups in total. The third kappa shape index (κ3) is 3.58. The zero-order valence-electron chi connectivity index (χ0n) is 9.59. The second kappa shape index (κ2) is 5.72. The van der Waals surface area contributed by atoms with Crippen molar-refractivity contribution >= 4 is 0 Å². The molecule has 0 amide bonds. The number of ether oxygens (including phenoxy) is 1. The van der Waals surface area contributed by atoms with Crippen molar-refractivity contribution in [2.24, 2.45) is 5.92 Å². The van der Waals surface area contributed by atoms with E-state index in [0.717, 1.165) is 12.8 Å². The van der Waals surface area contributed by atoms with Gasteiger partial charge in [0.25, 0.3) is 0 Å². The van der Waals surface area contributed by atoms with Crippen LogP contribution >= 0.6 is 0 Å². The summed E-state index contributed by atoms with van der Waals surface area (Å²) in [5.74, 6) is -0.316. The Morgan fingerprint density at radius 1 is 1.21 bits per heavy atom. The van der Waals surface area contributed by atoms with Crippen LogP contribution in [0.5, 0.6) is 0 Å². The maximum absolute atomic E-state index is 9.77. The molecule has 0 radical (unpaired) electrons. The molecule has 0 spiro atoms. The normalized spacial score (nSPS) is 30.6. The van der Waals surface area contributed by atoms with Gasteiger partial charge < -0.3 is 9.84 Å². The fourth-order valence-corrected chi connectivity index (χ4v) is 2.04. The molecule has 0 aromatic carbocycles. The smallest absolute Gasteiger partial charge is 0.168 e. The average Bonchev–Trinajstić information content (AvgIpc) is 2.77. The fraction of sp³-hybridized carbons (Fsp3) is 1.00. The summed E-state index contributed by atoms with van der Waals surface area (Å²) in [5.41, 5.74) is 0. The second-order valence-electron chi connectivity index (χ2n) is 4.38. The standard InChI is InChI=1S/C12H24O2/c1-3-5-6-7-8-9-11-10-12(11,13)14-4-2/h11,13H,3-10H2,1-2H3/t11-,12+/m0/s1. The fourth-order valence-electron chi connectivity index (χ4n) is 2.04. The third-order valence-electron chi connectivity index (χ3n) is 3.07. The Balaban J connectivity index is 1.94. The van der Waals surface area contributed by atoms with Crippen LogP contribution in [-0.4, -0.2) is 17.5 Å². The van der Waals surface area contributed by atoms with E-state index in [2.05, 4.69) is 6.92 Å². The second-order valence-corrected chi connectivity index (χ2v) is 4.38. The molecule has 1 aliphatic rings. The van der Waals surface area contributed by atoms with Crippen molar-refractivity contribution in [3.05, 3.63) is 0 Å². The maximum atomic E-state index is 9.77. The minimum Gasteiger partial charge on any atom is -0.365 e. The lowest BCUT2D eigenvalue weighted by molar-refractivity contribution is -0.133. The lowest BCUT2D eigenvalue weighted by atomic mass is 10.1. The highest BCUT2D eigenvalue weighted by molar-refractivity contribution is 4.95. The van der Waals surface area contributed by atoms with Gasteiger partial charge in [0.05, 0.1) is 0 Å². The molecule has 0 aliphatic heterocycles. The molecule has 0 heterocycles. The highest BCUT2D eigenvalue weighted by Gasteiger charge is 2.53. The monoisotopic (exact) mass is 200 g/mol. The Bertz CT molecular complexity index is 158. The van der Waals surface area contributed by atoms with E-state index in [1.165, 1.54) is 32.1 Å². The Labute approximate surface area is 87.7 Å². The van der Waals surface area contributed by atoms with Crippen LogP contribution in [0.25, 0.3) is 0 Å². The van der Waals surface area contributed by atoms with Crippen LogP contribution in [0.4, 0.5) is 0 Å². The van der Waals surface area contributed by atoms with E-state index >= 15 is 0 Å². The van der Waals surface area contributed by atoms with E-state index in [9.17, 15) is 5.11 Å². The summed E-state index contributed by atoms with van der Waals surface area (Å²) >= 11 is 0. The van der Waals surface area contributed by atoms with Crippen LogP contribution in [0.1, 0.15) is 58.8 Å². The first-order valence-electron chi connectivity index (χ1n) is 6.09. The molecule has 0 saturated heterocycles. The Morgan fingerprint density at radius 2 is 1.93 bits per heavy atom. The van der Waals surface area contributed by atoms with E-state index in [1.54, 1.807) is 0 Å². The predicted molar refractivity (Wildman–Crippen MR) is 58.1 cm³/mol. The van der Waals surface area contributed by atoms with Gasteiger partial charge in [0.2, 0.25) is 0 Å².